The van der Waals surface area contributed by atoms with Crippen LogP contribution in [0.25, 0.3) is 0 Å². The van der Waals surface area contributed by atoms with Crippen LogP contribution in [0.4, 0.5) is 5.69 Å². The van der Waals surface area contributed by atoms with Crippen molar-refractivity contribution in [1.29, 1.82) is 0 Å². The van der Waals surface area contributed by atoms with Crippen LogP contribution in [-0.4, -0.2) is 30.8 Å². The fourth-order valence-electron chi connectivity index (χ4n) is 2.01. The molecule has 0 spiro atoms. The van der Waals surface area contributed by atoms with Gasteiger partial charge in [0.25, 0.3) is 5.91 Å². The highest BCUT2D eigenvalue weighted by atomic mass is 32.2. The zero-order valence-corrected chi connectivity index (χ0v) is 14.3. The summed E-state index contributed by atoms with van der Waals surface area (Å²) in [6.07, 6.45) is 0. The van der Waals surface area contributed by atoms with E-state index in [0.717, 1.165) is 21.9 Å². The van der Waals surface area contributed by atoms with Crippen molar-refractivity contribution in [2.75, 3.05) is 19.4 Å². The fourth-order valence-corrected chi connectivity index (χ4v) is 2.86. The van der Waals surface area contributed by atoms with Crippen molar-refractivity contribution in [3.05, 3.63) is 59.7 Å². The van der Waals surface area contributed by atoms with E-state index < -0.39 is 0 Å². The number of amides is 2. The summed E-state index contributed by atoms with van der Waals surface area (Å²) in [4.78, 5) is 25.5. The van der Waals surface area contributed by atoms with Gasteiger partial charge in [-0.05, 0) is 42.0 Å². The monoisotopic (exact) mass is 328 g/mol. The standard InChI is InChI=1S/C18H20N2O2S/c1-13(21)19-16-8-10-17(11-9-16)23-12-14-4-6-15(7-5-14)18(22)20(2)3/h4-11H,12H2,1-3H3,(H,19,21). The molecular weight excluding hydrogens is 308 g/mol. The Bertz CT molecular complexity index is 679. The van der Waals surface area contributed by atoms with Gasteiger partial charge in [-0.15, -0.1) is 11.8 Å². The van der Waals surface area contributed by atoms with Gasteiger partial charge in [0, 0.05) is 42.9 Å². The number of rotatable bonds is 5. The van der Waals surface area contributed by atoms with Crippen LogP contribution in [0.1, 0.15) is 22.8 Å². The van der Waals surface area contributed by atoms with Crippen LogP contribution in [0.15, 0.2) is 53.4 Å². The molecule has 2 rings (SSSR count). The second kappa shape index (κ2) is 7.83. The van der Waals surface area contributed by atoms with Crippen LogP contribution < -0.4 is 5.32 Å². The smallest absolute Gasteiger partial charge is 0.253 e. The van der Waals surface area contributed by atoms with Gasteiger partial charge < -0.3 is 10.2 Å². The average molecular weight is 328 g/mol. The number of thioether (sulfide) groups is 1. The van der Waals surface area contributed by atoms with E-state index in [9.17, 15) is 9.59 Å². The number of nitrogens with one attached hydrogen (secondary N) is 1. The quantitative estimate of drug-likeness (QED) is 0.853. The summed E-state index contributed by atoms with van der Waals surface area (Å²) < 4.78 is 0. The minimum absolute atomic E-state index is 0.0118. The maximum atomic E-state index is 11.8. The molecule has 0 saturated carbocycles. The van der Waals surface area contributed by atoms with Gasteiger partial charge in [-0.2, -0.15) is 0 Å². The Kier molecular flexibility index (Phi) is 5.82. The Balaban J connectivity index is 1.93. The Morgan fingerprint density at radius 1 is 1.00 bits per heavy atom. The van der Waals surface area contributed by atoms with Crippen LogP contribution in [-0.2, 0) is 10.5 Å². The number of anilines is 1. The number of carbonyl (C=O) groups excluding carboxylic acids is 2. The molecule has 0 heterocycles. The zero-order valence-electron chi connectivity index (χ0n) is 13.5. The van der Waals surface area contributed by atoms with Crippen LogP contribution in [0.3, 0.4) is 0 Å². The molecule has 2 aromatic carbocycles. The molecule has 0 aromatic heterocycles. The molecule has 0 fully saturated rings. The minimum atomic E-state index is -0.0715. The average Bonchev–Trinajstić information content (AvgIpc) is 2.53. The second-order valence-electron chi connectivity index (χ2n) is 5.39. The molecule has 23 heavy (non-hydrogen) atoms. The van der Waals surface area contributed by atoms with Crippen LogP contribution in [0.5, 0.6) is 0 Å². The molecule has 1 N–H and O–H groups in total. The molecule has 4 nitrogen and oxygen atoms in total. The van der Waals surface area contributed by atoms with Gasteiger partial charge in [0.2, 0.25) is 5.91 Å². The van der Waals surface area contributed by atoms with Crippen molar-refractivity contribution >= 4 is 29.3 Å². The van der Waals surface area contributed by atoms with Crippen molar-refractivity contribution in [3.8, 4) is 0 Å². The van der Waals surface area contributed by atoms with Crippen LogP contribution in [0, 0.1) is 0 Å². The number of carbonyl (C=O) groups is 2. The summed E-state index contributed by atoms with van der Waals surface area (Å²) in [5.41, 5.74) is 2.66. The summed E-state index contributed by atoms with van der Waals surface area (Å²) in [5, 5.41) is 2.75. The molecule has 5 heteroatoms. The van der Waals surface area contributed by atoms with E-state index in [4.69, 9.17) is 0 Å². The number of nitrogens with zero attached hydrogens (tertiary/aromatic N) is 1. The van der Waals surface area contributed by atoms with Gasteiger partial charge in [0.1, 0.15) is 0 Å². The summed E-state index contributed by atoms with van der Waals surface area (Å²) in [6.45, 7) is 1.49. The lowest BCUT2D eigenvalue weighted by atomic mass is 10.1. The fraction of sp³-hybridized carbons (Fsp3) is 0.222. The Labute approximate surface area is 140 Å². The number of hydrogen-bond donors (Lipinski definition) is 1. The van der Waals surface area contributed by atoms with Gasteiger partial charge in [-0.25, -0.2) is 0 Å². The summed E-state index contributed by atoms with van der Waals surface area (Å²) in [5.74, 6) is 0.770. The molecular formula is C18H20N2O2S. The van der Waals surface area contributed by atoms with E-state index in [1.165, 1.54) is 6.92 Å². The predicted molar refractivity (Wildman–Crippen MR) is 94.8 cm³/mol. The lowest BCUT2D eigenvalue weighted by molar-refractivity contribution is -0.114. The highest BCUT2D eigenvalue weighted by Crippen LogP contribution is 2.24. The number of benzene rings is 2. The SMILES string of the molecule is CC(=O)Nc1ccc(SCc2ccc(C(=O)N(C)C)cc2)cc1. The lowest BCUT2D eigenvalue weighted by Gasteiger charge is -2.10. The normalized spacial score (nSPS) is 10.2. The third-order valence-electron chi connectivity index (χ3n) is 3.19. The van der Waals surface area contributed by atoms with Crippen molar-refractivity contribution in [2.45, 2.75) is 17.6 Å². The third kappa shape index (κ3) is 5.14. The molecule has 0 atom stereocenters. The molecule has 2 aromatic rings. The maximum Gasteiger partial charge on any atom is 0.253 e. The molecule has 120 valence electrons. The highest BCUT2D eigenvalue weighted by Gasteiger charge is 2.07. The first kappa shape index (κ1) is 17.1. The van der Waals surface area contributed by atoms with Crippen molar-refractivity contribution < 1.29 is 9.59 Å². The Morgan fingerprint density at radius 3 is 2.13 bits per heavy atom. The largest absolute Gasteiger partial charge is 0.345 e. The maximum absolute atomic E-state index is 11.8. The van der Waals surface area contributed by atoms with Crippen LogP contribution in [0.2, 0.25) is 0 Å². The Hall–Kier alpha value is -2.27. The molecule has 0 aliphatic carbocycles. The first-order chi connectivity index (χ1) is 11.0. The first-order valence-corrected chi connectivity index (χ1v) is 8.25. The van der Waals surface area contributed by atoms with E-state index in [1.54, 1.807) is 30.8 Å². The van der Waals surface area contributed by atoms with Gasteiger partial charge in [-0.1, -0.05) is 12.1 Å². The van der Waals surface area contributed by atoms with E-state index in [0.29, 0.717) is 5.56 Å². The lowest BCUT2D eigenvalue weighted by Crippen LogP contribution is -2.21. The highest BCUT2D eigenvalue weighted by molar-refractivity contribution is 7.98. The van der Waals surface area contributed by atoms with Gasteiger partial charge >= 0.3 is 0 Å². The van der Waals surface area contributed by atoms with Gasteiger partial charge in [0.15, 0.2) is 0 Å². The second-order valence-corrected chi connectivity index (χ2v) is 6.44. The van der Waals surface area contributed by atoms with Crippen molar-refractivity contribution in [1.82, 2.24) is 4.90 Å². The number of hydrogen-bond acceptors (Lipinski definition) is 3. The zero-order chi connectivity index (χ0) is 16.8. The topological polar surface area (TPSA) is 49.4 Å². The van der Waals surface area contributed by atoms with E-state index >= 15 is 0 Å². The molecule has 0 bridgehead atoms. The molecule has 2 amide bonds. The third-order valence-corrected chi connectivity index (χ3v) is 4.27. The molecule has 0 radical (unpaired) electrons. The predicted octanol–water partition coefficient (Wildman–Crippen LogP) is 3.64. The van der Waals surface area contributed by atoms with E-state index in [-0.39, 0.29) is 11.8 Å². The summed E-state index contributed by atoms with van der Waals surface area (Å²) >= 11 is 1.71. The van der Waals surface area contributed by atoms with E-state index in [1.807, 2.05) is 48.5 Å². The van der Waals surface area contributed by atoms with Crippen molar-refractivity contribution in [2.24, 2.45) is 0 Å². The summed E-state index contributed by atoms with van der Waals surface area (Å²) in [7, 11) is 3.49. The molecule has 0 saturated heterocycles. The minimum Gasteiger partial charge on any atom is -0.345 e. The van der Waals surface area contributed by atoms with Crippen LogP contribution >= 0.6 is 11.8 Å². The van der Waals surface area contributed by atoms with Crippen molar-refractivity contribution in [3.63, 3.8) is 0 Å². The molecule has 0 aliphatic rings. The molecule has 0 unspecified atom stereocenters. The van der Waals surface area contributed by atoms with E-state index in [2.05, 4.69) is 5.32 Å². The molecule has 0 aliphatic heterocycles. The van der Waals surface area contributed by atoms with Gasteiger partial charge in [-0.3, -0.25) is 9.59 Å². The van der Waals surface area contributed by atoms with Gasteiger partial charge in [0.05, 0.1) is 0 Å². The summed E-state index contributed by atoms with van der Waals surface area (Å²) in [6, 6.07) is 15.4. The first-order valence-electron chi connectivity index (χ1n) is 7.27. The Morgan fingerprint density at radius 2 is 1.61 bits per heavy atom.